The van der Waals surface area contributed by atoms with E-state index >= 15 is 0 Å². The van der Waals surface area contributed by atoms with Crippen LogP contribution in [0.1, 0.15) is 25.7 Å². The van der Waals surface area contributed by atoms with Gasteiger partial charge in [-0.25, -0.2) is 13.2 Å². The minimum absolute atomic E-state index is 0.0842. The van der Waals surface area contributed by atoms with Crippen LogP contribution in [0.4, 0.5) is 13.2 Å². The van der Waals surface area contributed by atoms with E-state index in [9.17, 15) is 18.0 Å². The van der Waals surface area contributed by atoms with Crippen molar-refractivity contribution in [1.82, 2.24) is 4.90 Å². The summed E-state index contributed by atoms with van der Waals surface area (Å²) in [5.74, 6) is -3.58. The molecule has 1 heterocycles. The Morgan fingerprint density at radius 2 is 2.07 bits per heavy atom. The Bertz CT molecular complexity index is 269. The fourth-order valence-electron chi connectivity index (χ4n) is 2.34. The van der Waals surface area contributed by atoms with E-state index in [-0.39, 0.29) is 31.7 Å². The predicted octanol–water partition coefficient (Wildman–Crippen LogP) is 1.99. The molecule has 15 heavy (non-hydrogen) atoms. The average molecular weight is 221 g/mol. The third-order valence-corrected chi connectivity index (χ3v) is 3.20. The average Bonchev–Trinajstić information content (AvgIpc) is 2.71. The molecule has 0 radical (unpaired) electrons. The fraction of sp³-hybridized carbons (Fsp3) is 0.900. The molecule has 0 aromatic heterocycles. The lowest BCUT2D eigenvalue weighted by Gasteiger charge is -2.19. The zero-order chi connectivity index (χ0) is 11.1. The summed E-state index contributed by atoms with van der Waals surface area (Å²) in [6, 6.07) is 0. The molecule has 0 aromatic carbocycles. The van der Waals surface area contributed by atoms with Gasteiger partial charge in [0.2, 0.25) is 11.8 Å². The fourth-order valence-corrected chi connectivity index (χ4v) is 2.34. The minimum Gasteiger partial charge on any atom is -0.339 e. The Morgan fingerprint density at radius 1 is 1.33 bits per heavy atom. The Morgan fingerprint density at radius 3 is 2.53 bits per heavy atom. The third kappa shape index (κ3) is 2.26. The molecule has 0 bridgehead atoms. The molecule has 1 aliphatic carbocycles. The first-order chi connectivity index (χ1) is 6.98. The van der Waals surface area contributed by atoms with Crippen LogP contribution < -0.4 is 0 Å². The van der Waals surface area contributed by atoms with Gasteiger partial charge >= 0.3 is 0 Å². The van der Waals surface area contributed by atoms with Crippen molar-refractivity contribution in [2.24, 2.45) is 5.92 Å². The highest BCUT2D eigenvalue weighted by Crippen LogP contribution is 2.39. The predicted molar refractivity (Wildman–Crippen MR) is 48.4 cm³/mol. The number of carbonyl (C=O) groups excluding carboxylic acids is 1. The maximum Gasteiger partial charge on any atom is 0.248 e. The van der Waals surface area contributed by atoms with Crippen LogP contribution in [0, 0.1) is 5.92 Å². The highest BCUT2D eigenvalue weighted by Gasteiger charge is 2.44. The number of likely N-dealkylation sites (tertiary alicyclic amines) is 1. The van der Waals surface area contributed by atoms with E-state index in [0.29, 0.717) is 13.0 Å². The van der Waals surface area contributed by atoms with Crippen LogP contribution in [-0.2, 0) is 4.79 Å². The van der Waals surface area contributed by atoms with E-state index in [4.69, 9.17) is 0 Å². The Balaban J connectivity index is 1.92. The highest BCUT2D eigenvalue weighted by molar-refractivity contribution is 5.79. The molecule has 1 unspecified atom stereocenters. The van der Waals surface area contributed by atoms with Gasteiger partial charge < -0.3 is 4.90 Å². The Hall–Kier alpha value is -0.740. The monoisotopic (exact) mass is 221 g/mol. The van der Waals surface area contributed by atoms with Gasteiger partial charge in [0.15, 0.2) is 0 Å². The number of hydrogen-bond acceptors (Lipinski definition) is 1. The lowest BCUT2D eigenvalue weighted by molar-refractivity contribution is -0.135. The van der Waals surface area contributed by atoms with E-state index in [2.05, 4.69) is 0 Å². The van der Waals surface area contributed by atoms with Gasteiger partial charge in [-0.3, -0.25) is 4.79 Å². The molecular weight excluding hydrogens is 207 g/mol. The maximum absolute atomic E-state index is 12.9. The number of halogens is 3. The van der Waals surface area contributed by atoms with Gasteiger partial charge in [-0.2, -0.15) is 0 Å². The van der Waals surface area contributed by atoms with Crippen LogP contribution in [0.2, 0.25) is 0 Å². The van der Waals surface area contributed by atoms with Gasteiger partial charge in [-0.05, 0) is 12.8 Å². The SMILES string of the molecule is O=C(C1CCC(F)(F)C1)N1CC[C@H](F)C1. The standard InChI is InChI=1S/C10H14F3NO/c11-8-2-4-14(6-8)9(15)7-1-3-10(12,13)5-7/h7-8H,1-6H2/t7?,8-/m0/s1. The number of nitrogens with zero attached hydrogens (tertiary/aromatic N) is 1. The van der Waals surface area contributed by atoms with Gasteiger partial charge in [0.1, 0.15) is 6.17 Å². The summed E-state index contributed by atoms with van der Waals surface area (Å²) < 4.78 is 38.6. The molecule has 1 saturated carbocycles. The van der Waals surface area contributed by atoms with Gasteiger partial charge in [0.05, 0.1) is 6.54 Å². The quantitative estimate of drug-likeness (QED) is 0.663. The normalized spacial score (nSPS) is 34.7. The molecule has 1 saturated heterocycles. The molecule has 2 atom stereocenters. The van der Waals surface area contributed by atoms with Crippen molar-refractivity contribution in [3.63, 3.8) is 0 Å². The molecule has 2 fully saturated rings. The van der Waals surface area contributed by atoms with Gasteiger partial charge in [-0.15, -0.1) is 0 Å². The molecule has 0 N–H and O–H groups in total. The molecule has 5 heteroatoms. The molecular formula is C10H14F3NO. The van der Waals surface area contributed by atoms with Crippen LogP contribution in [0.3, 0.4) is 0 Å². The topological polar surface area (TPSA) is 20.3 Å². The molecule has 2 nitrogen and oxygen atoms in total. The number of alkyl halides is 3. The van der Waals surface area contributed by atoms with Crippen LogP contribution in [0.15, 0.2) is 0 Å². The zero-order valence-electron chi connectivity index (χ0n) is 8.39. The second-order valence-electron chi connectivity index (χ2n) is 4.47. The van der Waals surface area contributed by atoms with Crippen molar-refractivity contribution in [2.45, 2.75) is 37.8 Å². The first-order valence-corrected chi connectivity index (χ1v) is 5.29. The molecule has 1 aliphatic heterocycles. The second kappa shape index (κ2) is 3.68. The van der Waals surface area contributed by atoms with Gasteiger partial charge in [0, 0.05) is 25.3 Å². The van der Waals surface area contributed by atoms with E-state index in [1.165, 1.54) is 4.90 Å². The van der Waals surface area contributed by atoms with E-state index in [1.807, 2.05) is 0 Å². The molecule has 0 aromatic rings. The van der Waals surface area contributed by atoms with Crippen molar-refractivity contribution in [1.29, 1.82) is 0 Å². The van der Waals surface area contributed by atoms with Crippen LogP contribution >= 0.6 is 0 Å². The molecule has 0 spiro atoms. The number of carbonyl (C=O) groups is 1. The lowest BCUT2D eigenvalue weighted by atomic mass is 10.1. The molecule has 86 valence electrons. The molecule has 2 aliphatic rings. The lowest BCUT2D eigenvalue weighted by Crippen LogP contribution is -2.34. The van der Waals surface area contributed by atoms with E-state index < -0.39 is 18.0 Å². The molecule has 2 rings (SSSR count). The van der Waals surface area contributed by atoms with Crippen molar-refractivity contribution >= 4 is 5.91 Å². The first-order valence-electron chi connectivity index (χ1n) is 5.29. The van der Waals surface area contributed by atoms with Crippen LogP contribution in [-0.4, -0.2) is 36.0 Å². The van der Waals surface area contributed by atoms with E-state index in [1.54, 1.807) is 0 Å². The highest BCUT2D eigenvalue weighted by atomic mass is 19.3. The number of rotatable bonds is 1. The minimum atomic E-state index is -2.70. The Kier molecular flexibility index (Phi) is 2.64. The second-order valence-corrected chi connectivity index (χ2v) is 4.47. The van der Waals surface area contributed by atoms with Crippen LogP contribution in [0.25, 0.3) is 0 Å². The van der Waals surface area contributed by atoms with Gasteiger partial charge in [0.25, 0.3) is 0 Å². The summed E-state index contributed by atoms with van der Waals surface area (Å²) >= 11 is 0. The summed E-state index contributed by atoms with van der Waals surface area (Å²) in [6.07, 6.45) is -0.972. The summed E-state index contributed by atoms with van der Waals surface area (Å²) in [5, 5.41) is 0. The summed E-state index contributed by atoms with van der Waals surface area (Å²) in [7, 11) is 0. The Labute approximate surface area is 86.4 Å². The summed E-state index contributed by atoms with van der Waals surface area (Å²) in [6.45, 7) is 0.461. The third-order valence-electron chi connectivity index (χ3n) is 3.20. The number of amides is 1. The molecule has 1 amide bonds. The van der Waals surface area contributed by atoms with Crippen molar-refractivity contribution in [3.8, 4) is 0 Å². The summed E-state index contributed by atoms with van der Waals surface area (Å²) in [4.78, 5) is 13.1. The first kappa shape index (κ1) is 10.8. The van der Waals surface area contributed by atoms with E-state index in [0.717, 1.165) is 0 Å². The van der Waals surface area contributed by atoms with Crippen molar-refractivity contribution in [3.05, 3.63) is 0 Å². The zero-order valence-corrected chi connectivity index (χ0v) is 8.39. The number of hydrogen-bond donors (Lipinski definition) is 0. The van der Waals surface area contributed by atoms with Crippen molar-refractivity contribution < 1.29 is 18.0 Å². The van der Waals surface area contributed by atoms with Crippen molar-refractivity contribution in [2.75, 3.05) is 13.1 Å². The van der Waals surface area contributed by atoms with Gasteiger partial charge in [-0.1, -0.05) is 0 Å². The largest absolute Gasteiger partial charge is 0.339 e. The summed E-state index contributed by atoms with van der Waals surface area (Å²) in [5.41, 5.74) is 0. The smallest absolute Gasteiger partial charge is 0.248 e. The maximum atomic E-state index is 12.9. The van der Waals surface area contributed by atoms with Crippen LogP contribution in [0.5, 0.6) is 0 Å².